The average Bonchev–Trinajstić information content (AvgIpc) is 3.06. The summed E-state index contributed by atoms with van der Waals surface area (Å²) in [6.45, 7) is 4.78. The van der Waals surface area contributed by atoms with E-state index >= 15 is 0 Å². The van der Waals surface area contributed by atoms with Crippen molar-refractivity contribution in [1.29, 1.82) is 0 Å². The van der Waals surface area contributed by atoms with Crippen LogP contribution in [0, 0.1) is 13.8 Å². The van der Waals surface area contributed by atoms with E-state index in [1.807, 2.05) is 18.2 Å². The van der Waals surface area contributed by atoms with Crippen molar-refractivity contribution >= 4 is 5.97 Å². The minimum Gasteiger partial charge on any atom is -0.487 e. The van der Waals surface area contributed by atoms with Crippen LogP contribution in [-0.4, -0.2) is 26.1 Å². The summed E-state index contributed by atoms with van der Waals surface area (Å²) in [5.41, 5.74) is 5.45. The van der Waals surface area contributed by atoms with E-state index in [1.165, 1.54) is 21.4 Å². The van der Waals surface area contributed by atoms with Gasteiger partial charge in [0, 0.05) is 0 Å². The third kappa shape index (κ3) is 4.27. The lowest BCUT2D eigenvalue weighted by Crippen LogP contribution is -2.04. The molecule has 0 aliphatic carbocycles. The van der Waals surface area contributed by atoms with Crippen molar-refractivity contribution in [3.8, 4) is 16.9 Å². The van der Waals surface area contributed by atoms with Crippen LogP contribution in [0.25, 0.3) is 11.1 Å². The van der Waals surface area contributed by atoms with Gasteiger partial charge in [0.1, 0.15) is 18.1 Å². The summed E-state index contributed by atoms with van der Waals surface area (Å²) in [5.74, 6) is -0.105. The van der Waals surface area contributed by atoms with Crippen molar-refractivity contribution < 1.29 is 14.6 Å². The normalized spacial score (nSPS) is 10.7. The maximum atomic E-state index is 10.6. The molecule has 134 valence electrons. The van der Waals surface area contributed by atoms with Crippen LogP contribution in [0.2, 0.25) is 0 Å². The number of carboxylic acids is 1. The van der Waals surface area contributed by atoms with E-state index < -0.39 is 5.97 Å². The molecule has 2 aromatic carbocycles. The number of benzene rings is 2. The highest BCUT2D eigenvalue weighted by Gasteiger charge is 2.08. The monoisotopic (exact) mass is 351 g/mol. The SMILES string of the molecule is Cc1cccc(C)c1-c1cccc(OCc2cn(CCC(=O)O)nn2)c1. The van der Waals surface area contributed by atoms with Crippen LogP contribution in [0.15, 0.2) is 48.7 Å². The smallest absolute Gasteiger partial charge is 0.305 e. The van der Waals surface area contributed by atoms with Gasteiger partial charge in [0.25, 0.3) is 0 Å². The lowest BCUT2D eigenvalue weighted by atomic mass is 9.96. The maximum absolute atomic E-state index is 10.6. The molecule has 3 aromatic rings. The van der Waals surface area contributed by atoms with Gasteiger partial charge in [-0.25, -0.2) is 0 Å². The number of aliphatic carboxylic acids is 1. The fraction of sp³-hybridized carbons (Fsp3) is 0.250. The number of aromatic nitrogens is 3. The number of hydrogen-bond donors (Lipinski definition) is 1. The molecule has 0 unspecified atom stereocenters. The molecule has 0 aliphatic heterocycles. The van der Waals surface area contributed by atoms with Gasteiger partial charge in [0.05, 0.1) is 19.2 Å². The standard InChI is InChI=1S/C20H21N3O3/c1-14-5-3-6-15(2)20(14)16-7-4-8-18(11-16)26-13-17-12-23(22-21-17)10-9-19(24)25/h3-8,11-12H,9-10,13H2,1-2H3,(H,24,25). The first-order valence-electron chi connectivity index (χ1n) is 8.43. The predicted octanol–water partition coefficient (Wildman–Crippen LogP) is 3.62. The molecule has 0 atom stereocenters. The van der Waals surface area contributed by atoms with Gasteiger partial charge >= 0.3 is 5.97 Å². The minimum absolute atomic E-state index is 0.0154. The largest absolute Gasteiger partial charge is 0.487 e. The Balaban J connectivity index is 1.69. The summed E-state index contributed by atoms with van der Waals surface area (Å²) < 4.78 is 7.35. The molecule has 0 saturated heterocycles. The number of rotatable bonds is 7. The maximum Gasteiger partial charge on any atom is 0.305 e. The van der Waals surface area contributed by atoms with Crippen LogP contribution in [0.1, 0.15) is 23.2 Å². The van der Waals surface area contributed by atoms with E-state index in [0.29, 0.717) is 12.2 Å². The molecule has 0 bridgehead atoms. The highest BCUT2D eigenvalue weighted by Crippen LogP contribution is 2.29. The van der Waals surface area contributed by atoms with E-state index in [1.54, 1.807) is 6.20 Å². The zero-order valence-corrected chi connectivity index (χ0v) is 14.8. The Labute approximate surface area is 152 Å². The molecular formula is C20H21N3O3. The first-order valence-corrected chi connectivity index (χ1v) is 8.43. The van der Waals surface area contributed by atoms with E-state index in [9.17, 15) is 4.79 Å². The van der Waals surface area contributed by atoms with Crippen LogP contribution in [0.3, 0.4) is 0 Å². The highest BCUT2D eigenvalue weighted by molar-refractivity contribution is 5.71. The van der Waals surface area contributed by atoms with Crippen LogP contribution in [-0.2, 0) is 17.9 Å². The summed E-state index contributed by atoms with van der Waals surface area (Å²) in [4.78, 5) is 10.6. The Morgan fingerprint density at radius 2 is 1.88 bits per heavy atom. The number of nitrogens with zero attached hydrogens (tertiary/aromatic N) is 3. The second kappa shape index (κ2) is 7.82. The van der Waals surface area contributed by atoms with Crippen LogP contribution in [0.4, 0.5) is 0 Å². The Morgan fingerprint density at radius 3 is 2.62 bits per heavy atom. The van der Waals surface area contributed by atoms with Crippen LogP contribution >= 0.6 is 0 Å². The Morgan fingerprint density at radius 1 is 1.15 bits per heavy atom. The van der Waals surface area contributed by atoms with Crippen molar-refractivity contribution in [1.82, 2.24) is 15.0 Å². The molecule has 0 radical (unpaired) electrons. The van der Waals surface area contributed by atoms with Gasteiger partial charge in [-0.15, -0.1) is 5.10 Å². The lowest BCUT2D eigenvalue weighted by molar-refractivity contribution is -0.137. The van der Waals surface area contributed by atoms with E-state index in [4.69, 9.17) is 9.84 Å². The first kappa shape index (κ1) is 17.7. The number of carboxylic acid groups (broad SMARTS) is 1. The highest BCUT2D eigenvalue weighted by atomic mass is 16.5. The fourth-order valence-electron chi connectivity index (χ4n) is 2.89. The first-order chi connectivity index (χ1) is 12.5. The van der Waals surface area contributed by atoms with Gasteiger partial charge in [0.15, 0.2) is 0 Å². The zero-order chi connectivity index (χ0) is 18.5. The summed E-state index contributed by atoms with van der Waals surface area (Å²) >= 11 is 0. The van der Waals surface area contributed by atoms with Gasteiger partial charge in [-0.3, -0.25) is 9.48 Å². The summed E-state index contributed by atoms with van der Waals surface area (Å²) in [6, 6.07) is 14.2. The van der Waals surface area contributed by atoms with Crippen molar-refractivity contribution in [2.45, 2.75) is 33.4 Å². The fourth-order valence-corrected chi connectivity index (χ4v) is 2.89. The van der Waals surface area contributed by atoms with Crippen molar-refractivity contribution in [2.75, 3.05) is 0 Å². The van der Waals surface area contributed by atoms with Gasteiger partial charge in [-0.2, -0.15) is 0 Å². The van der Waals surface area contributed by atoms with Gasteiger partial charge in [-0.05, 0) is 48.2 Å². The molecular weight excluding hydrogens is 330 g/mol. The molecule has 26 heavy (non-hydrogen) atoms. The summed E-state index contributed by atoms with van der Waals surface area (Å²) in [5, 5.41) is 16.6. The Kier molecular flexibility index (Phi) is 5.31. The number of aryl methyl sites for hydroxylation is 3. The molecule has 3 rings (SSSR count). The predicted molar refractivity (Wildman–Crippen MR) is 98.0 cm³/mol. The second-order valence-corrected chi connectivity index (χ2v) is 6.20. The minimum atomic E-state index is -0.860. The van der Waals surface area contributed by atoms with E-state index in [2.05, 4.69) is 48.4 Å². The molecule has 0 aliphatic rings. The average molecular weight is 351 g/mol. The van der Waals surface area contributed by atoms with Crippen molar-refractivity contribution in [3.63, 3.8) is 0 Å². The van der Waals surface area contributed by atoms with Gasteiger partial charge < -0.3 is 9.84 Å². The molecule has 1 aromatic heterocycles. The summed E-state index contributed by atoms with van der Waals surface area (Å²) in [6.07, 6.45) is 1.72. The Hall–Kier alpha value is -3.15. The molecule has 0 spiro atoms. The third-order valence-electron chi connectivity index (χ3n) is 4.13. The van der Waals surface area contributed by atoms with E-state index in [-0.39, 0.29) is 13.0 Å². The van der Waals surface area contributed by atoms with Crippen LogP contribution in [0.5, 0.6) is 5.75 Å². The number of hydrogen-bond acceptors (Lipinski definition) is 4. The number of ether oxygens (including phenoxy) is 1. The summed E-state index contributed by atoms with van der Waals surface area (Å²) in [7, 11) is 0. The second-order valence-electron chi connectivity index (χ2n) is 6.20. The van der Waals surface area contributed by atoms with Gasteiger partial charge in [0.2, 0.25) is 0 Å². The Bertz CT molecular complexity index is 898. The van der Waals surface area contributed by atoms with Gasteiger partial charge in [-0.1, -0.05) is 35.5 Å². The lowest BCUT2D eigenvalue weighted by Gasteiger charge is -2.11. The molecule has 1 N–H and O–H groups in total. The van der Waals surface area contributed by atoms with Crippen LogP contribution < -0.4 is 4.74 Å². The molecule has 0 saturated carbocycles. The van der Waals surface area contributed by atoms with E-state index in [0.717, 1.165) is 11.3 Å². The molecule has 6 nitrogen and oxygen atoms in total. The zero-order valence-electron chi connectivity index (χ0n) is 14.8. The van der Waals surface area contributed by atoms with Crippen molar-refractivity contribution in [3.05, 3.63) is 65.5 Å². The quantitative estimate of drug-likeness (QED) is 0.703. The molecule has 0 amide bonds. The number of carbonyl (C=O) groups is 1. The van der Waals surface area contributed by atoms with Crippen molar-refractivity contribution in [2.24, 2.45) is 0 Å². The molecule has 1 heterocycles. The molecule has 0 fully saturated rings. The topological polar surface area (TPSA) is 77.2 Å². The molecule has 6 heteroatoms. The third-order valence-corrected chi connectivity index (χ3v) is 4.13.